The van der Waals surface area contributed by atoms with Crippen molar-refractivity contribution in [2.24, 2.45) is 0 Å². The summed E-state index contributed by atoms with van der Waals surface area (Å²) < 4.78 is 65.6. The fraction of sp³-hybridized carbons (Fsp3) is 0.200. The second kappa shape index (κ2) is 6.81. The second-order valence-corrected chi connectivity index (χ2v) is 4.84. The summed E-state index contributed by atoms with van der Waals surface area (Å²) in [6, 6.07) is 4.08. The highest BCUT2D eigenvalue weighted by Gasteiger charge is 2.37. The van der Waals surface area contributed by atoms with Gasteiger partial charge in [0.1, 0.15) is 11.9 Å². The van der Waals surface area contributed by atoms with E-state index in [4.69, 9.17) is 5.73 Å². The molecule has 0 fully saturated rings. The summed E-state index contributed by atoms with van der Waals surface area (Å²) in [7, 11) is 0. The van der Waals surface area contributed by atoms with E-state index in [0.29, 0.717) is 6.07 Å². The van der Waals surface area contributed by atoms with E-state index in [1.807, 2.05) is 5.32 Å². The van der Waals surface area contributed by atoms with Gasteiger partial charge < -0.3 is 11.1 Å². The topological polar surface area (TPSA) is 68.0 Å². The molecule has 0 bridgehead atoms. The molecular weight excluding hydrogens is 333 g/mol. The molecule has 9 heteroatoms. The molecule has 0 unspecified atom stereocenters. The highest BCUT2D eigenvalue weighted by atomic mass is 19.4. The molecule has 0 saturated carbocycles. The number of anilines is 1. The maximum atomic E-state index is 13.3. The van der Waals surface area contributed by atoms with Crippen molar-refractivity contribution in [2.45, 2.75) is 18.6 Å². The number of alkyl halides is 5. The van der Waals surface area contributed by atoms with Gasteiger partial charge in [-0.15, -0.1) is 0 Å². The van der Waals surface area contributed by atoms with E-state index in [1.54, 1.807) is 0 Å². The van der Waals surface area contributed by atoms with Gasteiger partial charge in [0.2, 0.25) is 0 Å². The van der Waals surface area contributed by atoms with Gasteiger partial charge in [-0.3, -0.25) is 4.79 Å². The molecule has 0 aliphatic heterocycles. The molecule has 2 aromatic rings. The number of benzene rings is 1. The number of amides is 1. The molecule has 1 amide bonds. The van der Waals surface area contributed by atoms with E-state index in [-0.39, 0.29) is 11.4 Å². The quantitative estimate of drug-likeness (QED) is 0.835. The number of nitrogen functional groups attached to an aromatic ring is 1. The highest BCUT2D eigenvalue weighted by Crippen LogP contribution is 2.36. The molecule has 1 aromatic carbocycles. The zero-order valence-electron chi connectivity index (χ0n) is 12.0. The van der Waals surface area contributed by atoms with Gasteiger partial charge in [-0.1, -0.05) is 18.2 Å². The van der Waals surface area contributed by atoms with Crippen molar-refractivity contribution in [1.82, 2.24) is 10.3 Å². The van der Waals surface area contributed by atoms with Gasteiger partial charge in [-0.05, 0) is 23.8 Å². The van der Waals surface area contributed by atoms with Crippen LogP contribution in [-0.2, 0) is 6.18 Å². The van der Waals surface area contributed by atoms with Crippen LogP contribution in [0.25, 0.3) is 0 Å². The Bertz CT molecular complexity index is 733. The van der Waals surface area contributed by atoms with Gasteiger partial charge in [0.25, 0.3) is 12.3 Å². The predicted molar refractivity (Wildman–Crippen MR) is 76.3 cm³/mol. The molecule has 1 aromatic heterocycles. The fourth-order valence-corrected chi connectivity index (χ4v) is 2.12. The molecule has 128 valence electrons. The number of nitrogens with two attached hydrogens (primary N) is 1. The zero-order valence-corrected chi connectivity index (χ0v) is 12.0. The lowest BCUT2D eigenvalue weighted by molar-refractivity contribution is -0.138. The van der Waals surface area contributed by atoms with Gasteiger partial charge in [-0.2, -0.15) is 13.2 Å². The van der Waals surface area contributed by atoms with Crippen LogP contribution in [0.1, 0.15) is 27.5 Å². The molecule has 1 atom stereocenters. The third-order valence-corrected chi connectivity index (χ3v) is 3.18. The second-order valence-electron chi connectivity index (χ2n) is 4.84. The van der Waals surface area contributed by atoms with E-state index in [9.17, 15) is 26.7 Å². The third kappa shape index (κ3) is 3.98. The van der Waals surface area contributed by atoms with E-state index in [1.165, 1.54) is 18.3 Å². The molecule has 3 N–H and O–H groups in total. The number of hydrogen-bond donors (Lipinski definition) is 2. The SMILES string of the molecule is Nc1cc(C(=O)N[C@H](c2ccccc2C(F)(F)F)C(F)F)ccn1. The summed E-state index contributed by atoms with van der Waals surface area (Å²) >= 11 is 0. The Morgan fingerprint density at radius 3 is 2.42 bits per heavy atom. The minimum Gasteiger partial charge on any atom is -0.384 e. The molecule has 0 aliphatic rings. The summed E-state index contributed by atoms with van der Waals surface area (Å²) in [5.41, 5.74) is 3.36. The van der Waals surface area contributed by atoms with Gasteiger partial charge in [0, 0.05) is 11.8 Å². The molecule has 24 heavy (non-hydrogen) atoms. The lowest BCUT2D eigenvalue weighted by Gasteiger charge is -2.22. The van der Waals surface area contributed by atoms with Crippen molar-refractivity contribution >= 4 is 11.7 Å². The largest absolute Gasteiger partial charge is 0.416 e. The van der Waals surface area contributed by atoms with E-state index in [0.717, 1.165) is 18.2 Å². The van der Waals surface area contributed by atoms with Gasteiger partial charge in [-0.25, -0.2) is 13.8 Å². The number of rotatable bonds is 4. The molecule has 0 saturated heterocycles. The van der Waals surface area contributed by atoms with Crippen molar-refractivity contribution in [2.75, 3.05) is 5.73 Å². The van der Waals surface area contributed by atoms with Crippen molar-refractivity contribution in [3.8, 4) is 0 Å². The highest BCUT2D eigenvalue weighted by molar-refractivity contribution is 5.95. The van der Waals surface area contributed by atoms with E-state index < -0.39 is 35.7 Å². The molecule has 2 rings (SSSR count). The van der Waals surface area contributed by atoms with Gasteiger partial charge >= 0.3 is 6.18 Å². The van der Waals surface area contributed by atoms with Gasteiger partial charge in [0.05, 0.1) is 5.56 Å². The number of nitrogens with one attached hydrogen (secondary N) is 1. The Balaban J connectivity index is 2.36. The van der Waals surface area contributed by atoms with Crippen LogP contribution in [0.5, 0.6) is 0 Å². The number of aromatic nitrogens is 1. The summed E-state index contributed by atoms with van der Waals surface area (Å²) in [6.07, 6.45) is -6.88. The van der Waals surface area contributed by atoms with E-state index >= 15 is 0 Å². The number of pyridine rings is 1. The lowest BCUT2D eigenvalue weighted by Crippen LogP contribution is -2.34. The smallest absolute Gasteiger partial charge is 0.384 e. The average molecular weight is 345 g/mol. The molecule has 0 spiro atoms. The minimum atomic E-state index is -4.82. The summed E-state index contributed by atoms with van der Waals surface area (Å²) in [5, 5.41) is 1.92. The maximum absolute atomic E-state index is 13.3. The summed E-state index contributed by atoms with van der Waals surface area (Å²) in [5.74, 6) is -1.00. The first-order chi connectivity index (χ1) is 11.2. The summed E-state index contributed by atoms with van der Waals surface area (Å²) in [6.45, 7) is 0. The molecule has 1 heterocycles. The monoisotopic (exact) mass is 345 g/mol. The number of carbonyl (C=O) groups is 1. The number of nitrogens with zero attached hydrogens (tertiary/aromatic N) is 1. The van der Waals surface area contributed by atoms with E-state index in [2.05, 4.69) is 4.98 Å². The molecule has 4 nitrogen and oxygen atoms in total. The van der Waals surface area contributed by atoms with Crippen molar-refractivity contribution in [3.63, 3.8) is 0 Å². The maximum Gasteiger partial charge on any atom is 0.416 e. The minimum absolute atomic E-state index is 0.0214. The first-order valence-corrected chi connectivity index (χ1v) is 6.67. The zero-order chi connectivity index (χ0) is 17.9. The molecule has 0 radical (unpaired) electrons. The first kappa shape index (κ1) is 17.6. The van der Waals surface area contributed by atoms with Crippen LogP contribution in [0, 0.1) is 0 Å². The third-order valence-electron chi connectivity index (χ3n) is 3.18. The van der Waals surface area contributed by atoms with Crippen LogP contribution >= 0.6 is 0 Å². The standard InChI is InChI=1S/C15H12F5N3O/c16-13(17)12(9-3-1-2-4-10(9)15(18,19)20)23-14(24)8-5-6-22-11(21)7-8/h1-7,12-13H,(H2,21,22)(H,23,24)/t12-/m1/s1. The first-order valence-electron chi connectivity index (χ1n) is 6.67. The van der Waals surface area contributed by atoms with Crippen molar-refractivity contribution in [1.29, 1.82) is 0 Å². The number of carbonyl (C=O) groups excluding carboxylic acids is 1. The number of hydrogen-bond acceptors (Lipinski definition) is 3. The van der Waals surface area contributed by atoms with Crippen LogP contribution in [0.4, 0.5) is 27.8 Å². The van der Waals surface area contributed by atoms with Crippen LogP contribution in [0.15, 0.2) is 42.6 Å². The average Bonchev–Trinajstić information content (AvgIpc) is 2.51. The van der Waals surface area contributed by atoms with Crippen LogP contribution in [0.3, 0.4) is 0 Å². The Hall–Kier alpha value is -2.71. The van der Waals surface area contributed by atoms with Crippen LogP contribution in [-0.4, -0.2) is 17.3 Å². The Morgan fingerprint density at radius 1 is 1.17 bits per heavy atom. The fourth-order valence-electron chi connectivity index (χ4n) is 2.12. The Morgan fingerprint density at radius 2 is 1.83 bits per heavy atom. The Labute approximate surface area is 133 Å². The Kier molecular flexibility index (Phi) is 5.01. The molecular formula is C15H12F5N3O. The summed E-state index contributed by atoms with van der Waals surface area (Å²) in [4.78, 5) is 15.7. The predicted octanol–water partition coefficient (Wildman–Crippen LogP) is 3.42. The lowest BCUT2D eigenvalue weighted by atomic mass is 9.99. The van der Waals surface area contributed by atoms with Crippen molar-refractivity contribution in [3.05, 3.63) is 59.3 Å². The molecule has 0 aliphatic carbocycles. The van der Waals surface area contributed by atoms with Crippen molar-refractivity contribution < 1.29 is 26.7 Å². The van der Waals surface area contributed by atoms with Crippen LogP contribution in [0.2, 0.25) is 0 Å². The van der Waals surface area contributed by atoms with Gasteiger partial charge in [0.15, 0.2) is 0 Å². The van der Waals surface area contributed by atoms with Crippen LogP contribution < -0.4 is 11.1 Å². The normalized spacial score (nSPS) is 12.9. The number of halogens is 5.